The number of nitrogens with one attached hydrogen (secondary N) is 1. The van der Waals surface area contributed by atoms with E-state index in [1.54, 1.807) is 37.4 Å². The van der Waals surface area contributed by atoms with Gasteiger partial charge >= 0.3 is 0 Å². The number of benzene rings is 1. The lowest BCUT2D eigenvalue weighted by Crippen LogP contribution is -2.41. The SMILES string of the molecule is Cn1nc(-c2ccc(F)cc2)cc1C(=O)NC[C@@](O)(c1ccoc1)c1cccs1. The van der Waals surface area contributed by atoms with Crippen LogP contribution in [0.5, 0.6) is 0 Å². The molecule has 0 bridgehead atoms. The lowest BCUT2D eigenvalue weighted by molar-refractivity contribution is 0.0709. The molecule has 0 radical (unpaired) electrons. The Balaban J connectivity index is 1.55. The average Bonchev–Trinajstić information content (AvgIpc) is 3.48. The summed E-state index contributed by atoms with van der Waals surface area (Å²) < 4.78 is 19.7. The molecule has 8 heteroatoms. The molecule has 0 unspecified atom stereocenters. The Labute approximate surface area is 170 Å². The molecule has 1 atom stereocenters. The minimum atomic E-state index is -1.41. The molecule has 0 fully saturated rings. The van der Waals surface area contributed by atoms with Gasteiger partial charge in [0.15, 0.2) is 0 Å². The van der Waals surface area contributed by atoms with Crippen LogP contribution in [0.4, 0.5) is 4.39 Å². The summed E-state index contributed by atoms with van der Waals surface area (Å²) in [5.41, 5.74) is 0.729. The minimum Gasteiger partial charge on any atom is -0.472 e. The van der Waals surface area contributed by atoms with E-state index in [1.165, 1.54) is 40.7 Å². The molecule has 0 saturated heterocycles. The van der Waals surface area contributed by atoms with Crippen molar-refractivity contribution in [3.8, 4) is 11.3 Å². The van der Waals surface area contributed by atoms with Crippen molar-refractivity contribution in [3.05, 3.63) is 88.4 Å². The van der Waals surface area contributed by atoms with Crippen molar-refractivity contribution < 1.29 is 18.7 Å². The highest BCUT2D eigenvalue weighted by atomic mass is 32.1. The zero-order valence-corrected chi connectivity index (χ0v) is 16.3. The number of furan rings is 1. The fourth-order valence-electron chi connectivity index (χ4n) is 3.09. The van der Waals surface area contributed by atoms with Crippen LogP contribution < -0.4 is 5.32 Å². The first-order valence-corrected chi connectivity index (χ1v) is 9.72. The summed E-state index contributed by atoms with van der Waals surface area (Å²) in [6, 6.07) is 12.8. The van der Waals surface area contributed by atoms with Gasteiger partial charge in [0, 0.05) is 23.1 Å². The first-order chi connectivity index (χ1) is 14.0. The zero-order chi connectivity index (χ0) is 20.4. The van der Waals surface area contributed by atoms with E-state index in [-0.39, 0.29) is 18.3 Å². The van der Waals surface area contributed by atoms with Gasteiger partial charge in [-0.25, -0.2) is 4.39 Å². The highest BCUT2D eigenvalue weighted by Crippen LogP contribution is 2.32. The lowest BCUT2D eigenvalue weighted by Gasteiger charge is -2.26. The Bertz CT molecular complexity index is 1070. The van der Waals surface area contributed by atoms with Crippen LogP contribution >= 0.6 is 11.3 Å². The van der Waals surface area contributed by atoms with Gasteiger partial charge in [0.1, 0.15) is 17.1 Å². The number of aryl methyl sites for hydroxylation is 1. The van der Waals surface area contributed by atoms with Crippen LogP contribution in [0, 0.1) is 5.82 Å². The molecule has 4 rings (SSSR count). The van der Waals surface area contributed by atoms with Crippen molar-refractivity contribution in [2.45, 2.75) is 5.60 Å². The summed E-state index contributed by atoms with van der Waals surface area (Å²) in [4.78, 5) is 13.5. The molecule has 1 aromatic carbocycles. The molecular formula is C21H18FN3O3S. The molecule has 0 aliphatic carbocycles. The van der Waals surface area contributed by atoms with Gasteiger partial charge in [-0.15, -0.1) is 11.3 Å². The van der Waals surface area contributed by atoms with E-state index in [9.17, 15) is 14.3 Å². The van der Waals surface area contributed by atoms with E-state index in [0.717, 1.165) is 0 Å². The standard InChI is InChI=1S/C21H18FN3O3S/c1-25-18(11-17(24-25)14-4-6-16(22)7-5-14)20(26)23-13-21(27,15-8-9-28-12-15)19-3-2-10-29-19/h2-12,27H,13H2,1H3,(H,23,26)/t21-/m1/s1. The summed E-state index contributed by atoms with van der Waals surface area (Å²) in [5.74, 6) is -0.721. The molecule has 3 heterocycles. The van der Waals surface area contributed by atoms with Gasteiger partial charge in [0.25, 0.3) is 5.91 Å². The second-order valence-corrected chi connectivity index (χ2v) is 7.53. The Morgan fingerprint density at radius 1 is 1.31 bits per heavy atom. The van der Waals surface area contributed by atoms with Crippen molar-refractivity contribution in [3.63, 3.8) is 0 Å². The smallest absolute Gasteiger partial charge is 0.269 e. The second kappa shape index (κ2) is 7.65. The third-order valence-corrected chi connectivity index (χ3v) is 5.71. The molecule has 29 heavy (non-hydrogen) atoms. The van der Waals surface area contributed by atoms with Gasteiger partial charge in [-0.05, 0) is 47.8 Å². The number of aromatic nitrogens is 2. The van der Waals surface area contributed by atoms with Crippen molar-refractivity contribution in [2.75, 3.05) is 6.54 Å². The summed E-state index contributed by atoms with van der Waals surface area (Å²) in [6.07, 6.45) is 2.94. The van der Waals surface area contributed by atoms with Crippen molar-refractivity contribution >= 4 is 17.2 Å². The number of nitrogens with zero attached hydrogens (tertiary/aromatic N) is 2. The third-order valence-electron chi connectivity index (χ3n) is 4.68. The second-order valence-electron chi connectivity index (χ2n) is 6.58. The van der Waals surface area contributed by atoms with Gasteiger partial charge in [-0.3, -0.25) is 9.48 Å². The Morgan fingerprint density at radius 2 is 2.10 bits per heavy atom. The molecule has 148 valence electrons. The van der Waals surface area contributed by atoms with Crippen LogP contribution in [-0.2, 0) is 12.6 Å². The fraction of sp³-hybridized carbons (Fsp3) is 0.143. The van der Waals surface area contributed by atoms with E-state index in [2.05, 4.69) is 10.4 Å². The van der Waals surface area contributed by atoms with Crippen molar-refractivity contribution in [1.29, 1.82) is 0 Å². The first-order valence-electron chi connectivity index (χ1n) is 8.84. The minimum absolute atomic E-state index is 0.0387. The number of amides is 1. The zero-order valence-electron chi connectivity index (χ0n) is 15.5. The number of thiophene rings is 1. The summed E-state index contributed by atoms with van der Waals surface area (Å²) in [6.45, 7) is -0.0387. The molecule has 0 saturated carbocycles. The van der Waals surface area contributed by atoms with Crippen LogP contribution in [0.2, 0.25) is 0 Å². The topological polar surface area (TPSA) is 80.3 Å². The molecule has 4 aromatic rings. The van der Waals surface area contributed by atoms with Crippen LogP contribution in [0.25, 0.3) is 11.3 Å². The normalized spacial score (nSPS) is 13.2. The number of carbonyl (C=O) groups is 1. The monoisotopic (exact) mass is 411 g/mol. The molecule has 2 N–H and O–H groups in total. The van der Waals surface area contributed by atoms with Gasteiger partial charge in [0.2, 0.25) is 0 Å². The number of hydrogen-bond donors (Lipinski definition) is 2. The maximum atomic E-state index is 13.1. The predicted molar refractivity (Wildman–Crippen MR) is 107 cm³/mol. The predicted octanol–water partition coefficient (Wildman–Crippen LogP) is 3.55. The van der Waals surface area contributed by atoms with Gasteiger partial charge < -0.3 is 14.8 Å². The number of carbonyl (C=O) groups excluding carboxylic acids is 1. The molecule has 0 spiro atoms. The third kappa shape index (κ3) is 3.72. The fourth-order valence-corrected chi connectivity index (χ4v) is 3.93. The number of hydrogen-bond acceptors (Lipinski definition) is 5. The molecule has 0 aliphatic rings. The summed E-state index contributed by atoms with van der Waals surface area (Å²) in [7, 11) is 1.66. The molecule has 1 amide bonds. The largest absolute Gasteiger partial charge is 0.472 e. The Morgan fingerprint density at radius 3 is 2.76 bits per heavy atom. The van der Waals surface area contributed by atoms with Crippen LogP contribution in [0.1, 0.15) is 20.9 Å². The Kier molecular flexibility index (Phi) is 5.04. The molecule has 3 aromatic heterocycles. The van der Waals surface area contributed by atoms with Crippen molar-refractivity contribution in [2.24, 2.45) is 7.05 Å². The van der Waals surface area contributed by atoms with Crippen molar-refractivity contribution in [1.82, 2.24) is 15.1 Å². The molecule has 6 nitrogen and oxygen atoms in total. The summed E-state index contributed by atoms with van der Waals surface area (Å²) >= 11 is 1.39. The highest BCUT2D eigenvalue weighted by Gasteiger charge is 2.34. The van der Waals surface area contributed by atoms with Gasteiger partial charge in [-0.1, -0.05) is 6.07 Å². The lowest BCUT2D eigenvalue weighted by atomic mass is 9.94. The quantitative estimate of drug-likeness (QED) is 0.509. The van der Waals surface area contributed by atoms with Gasteiger partial charge in [0.05, 0.1) is 24.8 Å². The van der Waals surface area contributed by atoms with E-state index in [4.69, 9.17) is 4.42 Å². The number of aliphatic hydroxyl groups is 1. The van der Waals surface area contributed by atoms with E-state index in [1.807, 2.05) is 11.4 Å². The van der Waals surface area contributed by atoms with E-state index >= 15 is 0 Å². The maximum Gasteiger partial charge on any atom is 0.269 e. The Hall–Kier alpha value is -3.23. The summed E-state index contributed by atoms with van der Waals surface area (Å²) in [5, 5.41) is 20.3. The first kappa shape index (κ1) is 19.1. The number of halogens is 1. The number of rotatable bonds is 6. The average molecular weight is 411 g/mol. The van der Waals surface area contributed by atoms with Gasteiger partial charge in [-0.2, -0.15) is 5.10 Å². The molecule has 0 aliphatic heterocycles. The van der Waals surface area contributed by atoms with E-state index < -0.39 is 5.60 Å². The van der Waals surface area contributed by atoms with E-state index in [0.29, 0.717) is 27.4 Å². The maximum absolute atomic E-state index is 13.1. The van der Waals surface area contributed by atoms with Crippen LogP contribution in [0.15, 0.2) is 70.9 Å². The van der Waals surface area contributed by atoms with Crippen LogP contribution in [0.3, 0.4) is 0 Å². The highest BCUT2D eigenvalue weighted by molar-refractivity contribution is 7.10. The van der Waals surface area contributed by atoms with Crippen LogP contribution in [-0.4, -0.2) is 27.3 Å². The molecular weight excluding hydrogens is 393 g/mol.